The number of aryl methyl sites for hydroxylation is 1. The summed E-state index contributed by atoms with van der Waals surface area (Å²) in [5.41, 5.74) is 6.71. The van der Waals surface area contributed by atoms with E-state index >= 15 is 0 Å². The molecule has 40 heavy (non-hydrogen) atoms. The number of halogens is 1. The maximum absolute atomic E-state index is 14.8. The Kier molecular flexibility index (Phi) is 8.03. The van der Waals surface area contributed by atoms with Crippen LogP contribution in [0.2, 0.25) is 0 Å². The van der Waals surface area contributed by atoms with E-state index in [1.165, 1.54) is 25.0 Å². The number of methoxy groups -OCH3 is 1. The van der Waals surface area contributed by atoms with Crippen LogP contribution in [0.3, 0.4) is 0 Å². The molecule has 212 valence electrons. The van der Waals surface area contributed by atoms with E-state index in [-0.39, 0.29) is 36.5 Å². The van der Waals surface area contributed by atoms with E-state index < -0.39 is 9.84 Å². The predicted octanol–water partition coefficient (Wildman–Crippen LogP) is 5.33. The van der Waals surface area contributed by atoms with Crippen LogP contribution in [0.5, 0.6) is 17.2 Å². The zero-order chi connectivity index (χ0) is 28.4. The molecule has 0 fully saturated rings. The molecule has 0 saturated carbocycles. The Morgan fingerprint density at radius 2 is 1.88 bits per heavy atom. The Morgan fingerprint density at radius 1 is 1.07 bits per heavy atom. The molecule has 2 aliphatic rings. The third-order valence-electron chi connectivity index (χ3n) is 7.48. The van der Waals surface area contributed by atoms with Gasteiger partial charge >= 0.3 is 5.97 Å². The quantitative estimate of drug-likeness (QED) is 0.228. The highest BCUT2D eigenvalue weighted by atomic mass is 32.2. The number of sulfone groups is 1. The topological polar surface area (TPSA) is 88.1 Å². The summed E-state index contributed by atoms with van der Waals surface area (Å²) in [6.45, 7) is 2.80. The van der Waals surface area contributed by atoms with Crippen molar-refractivity contribution < 1.29 is 36.6 Å². The summed E-state index contributed by atoms with van der Waals surface area (Å²) in [6, 6.07) is 12.5. The van der Waals surface area contributed by atoms with Crippen molar-refractivity contribution in [2.24, 2.45) is 0 Å². The molecule has 1 aliphatic carbocycles. The molecule has 7 nitrogen and oxygen atoms in total. The predicted molar refractivity (Wildman–Crippen MR) is 149 cm³/mol. The van der Waals surface area contributed by atoms with Gasteiger partial charge in [-0.25, -0.2) is 12.8 Å². The number of benzene rings is 3. The molecule has 0 N–H and O–H groups in total. The Morgan fingerprint density at radius 3 is 2.60 bits per heavy atom. The van der Waals surface area contributed by atoms with Crippen LogP contribution in [-0.4, -0.2) is 46.7 Å². The summed E-state index contributed by atoms with van der Waals surface area (Å²) in [6.07, 6.45) is 3.72. The third-order valence-corrected chi connectivity index (χ3v) is 8.51. The first-order valence-corrected chi connectivity index (χ1v) is 15.4. The number of ether oxygens (including phenoxy) is 4. The lowest BCUT2D eigenvalue weighted by atomic mass is 9.79. The average molecular weight is 569 g/mol. The summed E-state index contributed by atoms with van der Waals surface area (Å²) < 4.78 is 60.0. The average Bonchev–Trinajstić information content (AvgIpc) is 3.28. The minimum atomic E-state index is -3.02. The lowest BCUT2D eigenvalue weighted by Gasteiger charge is -2.28. The Hall–Kier alpha value is -3.59. The lowest BCUT2D eigenvalue weighted by Crippen LogP contribution is -2.15. The van der Waals surface area contributed by atoms with Crippen molar-refractivity contribution in [1.82, 2.24) is 0 Å². The fourth-order valence-electron chi connectivity index (χ4n) is 5.35. The molecule has 0 bridgehead atoms. The summed E-state index contributed by atoms with van der Waals surface area (Å²) in [5.74, 6) is 1.43. The molecule has 1 atom stereocenters. The van der Waals surface area contributed by atoms with Crippen molar-refractivity contribution in [3.05, 3.63) is 76.1 Å². The highest BCUT2D eigenvalue weighted by molar-refractivity contribution is 7.90. The molecule has 0 radical (unpaired) electrons. The third kappa shape index (κ3) is 6.09. The fraction of sp³-hybridized carbons (Fsp3) is 0.387. The van der Waals surface area contributed by atoms with Gasteiger partial charge in [0.15, 0.2) is 0 Å². The monoisotopic (exact) mass is 568 g/mol. The van der Waals surface area contributed by atoms with Crippen LogP contribution in [0.4, 0.5) is 4.39 Å². The Labute approximate surface area is 234 Å². The van der Waals surface area contributed by atoms with Gasteiger partial charge in [-0.3, -0.25) is 4.79 Å². The van der Waals surface area contributed by atoms with Crippen LogP contribution < -0.4 is 14.2 Å². The zero-order valence-corrected chi connectivity index (χ0v) is 23.7. The summed E-state index contributed by atoms with van der Waals surface area (Å²) in [5, 5.41) is 0. The number of carbonyl (C=O) groups is 1. The minimum absolute atomic E-state index is 0.0484. The standard InChI is InChI=1S/C31H33FO7S/c1-19-13-28(37-11-4-12-40(3,34)35)25-8-9-26(25)31(19)20-5-10-27(32)22(14-20)18-38-23-6-7-24-21(15-30(33)36-2)17-39-29(24)16-23/h5-7,10,13-14,16,21H,4,8-9,11-12,15,17-18H2,1-3H3. The SMILES string of the molecule is COC(=O)CC1COc2cc(OCc3cc(-c4c(C)cc(OCCCS(C)(=O)=O)c5c4CC5)ccc3F)ccc21. The van der Waals surface area contributed by atoms with Gasteiger partial charge in [0.1, 0.15) is 39.5 Å². The summed E-state index contributed by atoms with van der Waals surface area (Å²) in [4.78, 5) is 11.7. The van der Waals surface area contributed by atoms with Crippen LogP contribution in [0.25, 0.3) is 11.1 Å². The van der Waals surface area contributed by atoms with Crippen molar-refractivity contribution in [1.29, 1.82) is 0 Å². The largest absolute Gasteiger partial charge is 0.493 e. The van der Waals surface area contributed by atoms with Gasteiger partial charge in [0.2, 0.25) is 0 Å². The molecule has 3 aromatic carbocycles. The van der Waals surface area contributed by atoms with Gasteiger partial charge in [-0.15, -0.1) is 0 Å². The molecule has 0 saturated heterocycles. The highest BCUT2D eigenvalue weighted by Crippen LogP contribution is 2.43. The van der Waals surface area contributed by atoms with Crippen molar-refractivity contribution in [3.8, 4) is 28.4 Å². The second kappa shape index (κ2) is 11.5. The van der Waals surface area contributed by atoms with Crippen LogP contribution in [0.15, 0.2) is 42.5 Å². The summed E-state index contributed by atoms with van der Waals surface area (Å²) >= 11 is 0. The normalized spacial score (nSPS) is 15.4. The Bertz CT molecular complexity index is 1550. The van der Waals surface area contributed by atoms with Crippen molar-refractivity contribution in [2.45, 2.75) is 45.1 Å². The van der Waals surface area contributed by atoms with Gasteiger partial charge in [0.25, 0.3) is 0 Å². The second-order valence-corrected chi connectivity index (χ2v) is 12.7. The molecular formula is C31H33FO7S. The van der Waals surface area contributed by atoms with E-state index in [2.05, 4.69) is 0 Å². The van der Waals surface area contributed by atoms with Crippen LogP contribution >= 0.6 is 0 Å². The number of hydrogen-bond acceptors (Lipinski definition) is 7. The highest BCUT2D eigenvalue weighted by Gasteiger charge is 2.28. The first kappa shape index (κ1) is 28.0. The van der Waals surface area contributed by atoms with E-state index in [1.807, 2.05) is 25.1 Å². The molecule has 3 aromatic rings. The molecule has 5 rings (SSSR count). The van der Waals surface area contributed by atoms with Crippen LogP contribution in [0, 0.1) is 12.7 Å². The van der Waals surface area contributed by atoms with Gasteiger partial charge in [-0.1, -0.05) is 12.1 Å². The first-order chi connectivity index (χ1) is 19.1. The lowest BCUT2D eigenvalue weighted by molar-refractivity contribution is -0.141. The second-order valence-electron chi connectivity index (χ2n) is 10.4. The molecule has 0 spiro atoms. The van der Waals surface area contributed by atoms with Crippen molar-refractivity contribution in [3.63, 3.8) is 0 Å². The van der Waals surface area contributed by atoms with E-state index in [0.29, 0.717) is 36.7 Å². The molecular weight excluding hydrogens is 535 g/mol. The van der Waals surface area contributed by atoms with Crippen molar-refractivity contribution in [2.75, 3.05) is 32.3 Å². The maximum Gasteiger partial charge on any atom is 0.306 e. The first-order valence-electron chi connectivity index (χ1n) is 13.3. The number of hydrogen-bond donors (Lipinski definition) is 0. The minimum Gasteiger partial charge on any atom is -0.493 e. The molecule has 0 amide bonds. The zero-order valence-electron chi connectivity index (χ0n) is 22.9. The molecule has 1 aliphatic heterocycles. The van der Waals surface area contributed by atoms with E-state index in [9.17, 15) is 17.6 Å². The Balaban J connectivity index is 1.29. The molecule has 0 aromatic heterocycles. The maximum atomic E-state index is 14.8. The van der Waals surface area contributed by atoms with Gasteiger partial charge in [0, 0.05) is 29.4 Å². The van der Waals surface area contributed by atoms with E-state index in [0.717, 1.165) is 46.4 Å². The van der Waals surface area contributed by atoms with Gasteiger partial charge in [0.05, 0.1) is 32.5 Å². The number of carbonyl (C=O) groups excluding carboxylic acids is 1. The van der Waals surface area contributed by atoms with E-state index in [4.69, 9.17) is 18.9 Å². The number of esters is 1. The molecule has 1 unspecified atom stereocenters. The number of rotatable bonds is 11. The summed E-state index contributed by atoms with van der Waals surface area (Å²) in [7, 11) is -1.65. The van der Waals surface area contributed by atoms with Crippen LogP contribution in [-0.2, 0) is 38.8 Å². The van der Waals surface area contributed by atoms with E-state index in [1.54, 1.807) is 18.2 Å². The number of fused-ring (bicyclic) bond motifs is 2. The van der Waals surface area contributed by atoms with Gasteiger partial charge in [-0.05, 0) is 78.3 Å². The molecule has 1 heterocycles. The smallest absolute Gasteiger partial charge is 0.306 e. The van der Waals surface area contributed by atoms with Crippen molar-refractivity contribution >= 4 is 15.8 Å². The molecule has 9 heteroatoms. The van der Waals surface area contributed by atoms with Gasteiger partial charge in [-0.2, -0.15) is 0 Å². The van der Waals surface area contributed by atoms with Crippen LogP contribution in [0.1, 0.15) is 46.6 Å². The fourth-order valence-corrected chi connectivity index (χ4v) is 6.00. The van der Waals surface area contributed by atoms with Gasteiger partial charge < -0.3 is 18.9 Å².